The maximum absolute atomic E-state index is 9.40. The molecule has 0 spiro atoms. The van der Waals surface area contributed by atoms with Crippen molar-refractivity contribution in [2.75, 3.05) is 5.32 Å². The SMILES string of the molecule is Cc1csc(/C(C#N)=C/Nc2nnc(C34CC5CC(CC(C5)C3)C4)s2)n1. The molecule has 26 heavy (non-hydrogen) atoms. The van der Waals surface area contributed by atoms with Crippen molar-refractivity contribution in [2.45, 2.75) is 50.9 Å². The Kier molecular flexibility index (Phi) is 3.87. The average Bonchev–Trinajstić information content (AvgIpc) is 3.24. The number of aromatic nitrogens is 3. The molecule has 0 amide bonds. The Hall–Kier alpha value is -1.78. The third kappa shape index (κ3) is 2.76. The predicted molar refractivity (Wildman–Crippen MR) is 104 cm³/mol. The highest BCUT2D eigenvalue weighted by atomic mass is 32.1. The van der Waals surface area contributed by atoms with Crippen LogP contribution >= 0.6 is 22.7 Å². The van der Waals surface area contributed by atoms with Gasteiger partial charge < -0.3 is 5.32 Å². The first-order valence-electron chi connectivity index (χ1n) is 9.27. The second kappa shape index (κ2) is 6.14. The zero-order valence-corrected chi connectivity index (χ0v) is 16.4. The Morgan fingerprint density at radius 2 is 1.92 bits per heavy atom. The molecule has 0 aromatic carbocycles. The molecule has 2 aromatic rings. The lowest BCUT2D eigenvalue weighted by molar-refractivity contribution is -0.00555. The maximum Gasteiger partial charge on any atom is 0.209 e. The van der Waals surface area contributed by atoms with Crippen molar-refractivity contribution in [3.63, 3.8) is 0 Å². The van der Waals surface area contributed by atoms with Crippen molar-refractivity contribution in [3.05, 3.63) is 27.3 Å². The quantitative estimate of drug-likeness (QED) is 0.771. The Morgan fingerprint density at radius 1 is 1.23 bits per heavy atom. The standard InChI is InChI=1S/C19H21N5S2/c1-11-10-25-16(22-11)15(8-20)9-21-18-24-23-17(26-18)19-5-12-2-13(6-19)4-14(3-12)7-19/h9-10,12-14H,2-7H2,1H3,(H,21,24)/b15-9+. The third-order valence-electron chi connectivity index (χ3n) is 6.23. The van der Waals surface area contributed by atoms with Gasteiger partial charge in [-0.2, -0.15) is 5.26 Å². The van der Waals surface area contributed by atoms with Crippen LogP contribution in [0.2, 0.25) is 0 Å². The van der Waals surface area contributed by atoms with Gasteiger partial charge in [0.2, 0.25) is 5.13 Å². The summed E-state index contributed by atoms with van der Waals surface area (Å²) in [4.78, 5) is 4.38. The van der Waals surface area contributed by atoms with E-state index < -0.39 is 0 Å². The summed E-state index contributed by atoms with van der Waals surface area (Å²) in [6.07, 6.45) is 9.91. The largest absolute Gasteiger partial charge is 0.335 e. The normalized spacial score (nSPS) is 32.6. The fourth-order valence-electron chi connectivity index (χ4n) is 5.62. The number of rotatable bonds is 4. The molecule has 4 saturated carbocycles. The van der Waals surface area contributed by atoms with Crippen molar-refractivity contribution < 1.29 is 0 Å². The van der Waals surface area contributed by atoms with Gasteiger partial charge in [-0.05, 0) is 63.2 Å². The van der Waals surface area contributed by atoms with E-state index in [0.717, 1.165) is 33.6 Å². The minimum Gasteiger partial charge on any atom is -0.335 e. The fraction of sp³-hybridized carbons (Fsp3) is 0.579. The van der Waals surface area contributed by atoms with Crippen LogP contribution in [-0.2, 0) is 5.41 Å². The number of allylic oxidation sites excluding steroid dienone is 1. The number of hydrogen-bond acceptors (Lipinski definition) is 7. The second-order valence-corrected chi connectivity index (χ2v) is 10.1. The van der Waals surface area contributed by atoms with Gasteiger partial charge in [0.25, 0.3) is 0 Å². The van der Waals surface area contributed by atoms with Gasteiger partial charge in [0, 0.05) is 22.7 Å². The van der Waals surface area contributed by atoms with Gasteiger partial charge in [-0.1, -0.05) is 11.3 Å². The molecule has 0 atom stereocenters. The average molecular weight is 384 g/mol. The molecule has 4 fully saturated rings. The Balaban J connectivity index is 1.36. The number of nitriles is 1. The van der Waals surface area contributed by atoms with E-state index in [2.05, 4.69) is 26.6 Å². The highest BCUT2D eigenvalue weighted by Gasteiger charge is 2.53. The number of nitrogens with zero attached hydrogens (tertiary/aromatic N) is 4. The fourth-order valence-corrected chi connectivity index (χ4v) is 7.32. The molecule has 0 aliphatic heterocycles. The lowest BCUT2D eigenvalue weighted by Crippen LogP contribution is -2.48. The molecule has 7 heteroatoms. The van der Waals surface area contributed by atoms with Crippen molar-refractivity contribution in [1.29, 1.82) is 5.26 Å². The summed E-state index contributed by atoms with van der Waals surface area (Å²) in [6, 6.07) is 2.22. The number of hydrogen-bond donors (Lipinski definition) is 1. The molecule has 4 aliphatic carbocycles. The summed E-state index contributed by atoms with van der Waals surface area (Å²) in [6.45, 7) is 1.94. The first kappa shape index (κ1) is 16.4. The maximum atomic E-state index is 9.40. The molecule has 134 valence electrons. The van der Waals surface area contributed by atoms with Gasteiger partial charge in [0.1, 0.15) is 21.7 Å². The van der Waals surface area contributed by atoms with Crippen molar-refractivity contribution in [1.82, 2.24) is 15.2 Å². The summed E-state index contributed by atoms with van der Waals surface area (Å²) in [5.74, 6) is 2.71. The molecule has 5 nitrogen and oxygen atoms in total. The van der Waals surface area contributed by atoms with Gasteiger partial charge in [0.15, 0.2) is 0 Å². The Labute approximate surface area is 161 Å². The van der Waals surface area contributed by atoms with E-state index in [1.807, 2.05) is 12.3 Å². The van der Waals surface area contributed by atoms with Gasteiger partial charge in [0.05, 0.1) is 0 Å². The first-order chi connectivity index (χ1) is 12.6. The molecule has 0 unspecified atom stereocenters. The van der Waals surface area contributed by atoms with E-state index in [4.69, 9.17) is 0 Å². The zero-order valence-electron chi connectivity index (χ0n) is 14.7. The van der Waals surface area contributed by atoms with Crippen LogP contribution in [0.1, 0.15) is 54.2 Å². The number of nitrogens with one attached hydrogen (secondary N) is 1. The molecule has 2 heterocycles. The van der Waals surface area contributed by atoms with E-state index in [-0.39, 0.29) is 5.41 Å². The smallest absolute Gasteiger partial charge is 0.209 e. The molecular weight excluding hydrogens is 362 g/mol. The van der Waals surface area contributed by atoms with Gasteiger partial charge in [-0.25, -0.2) is 4.98 Å². The van der Waals surface area contributed by atoms with Gasteiger partial charge >= 0.3 is 0 Å². The Bertz CT molecular complexity index is 868. The van der Waals surface area contributed by atoms with Gasteiger partial charge in [-0.3, -0.25) is 0 Å². The van der Waals surface area contributed by atoms with Crippen LogP contribution in [0.3, 0.4) is 0 Å². The minimum atomic E-state index is 0.278. The van der Waals surface area contributed by atoms with E-state index in [1.165, 1.54) is 54.9 Å². The molecule has 2 aromatic heterocycles. The summed E-state index contributed by atoms with van der Waals surface area (Å²) >= 11 is 3.16. The molecule has 4 aliphatic rings. The topological polar surface area (TPSA) is 74.5 Å². The van der Waals surface area contributed by atoms with E-state index in [1.54, 1.807) is 17.5 Å². The van der Waals surface area contributed by atoms with E-state index in [0.29, 0.717) is 5.57 Å². The van der Waals surface area contributed by atoms with Crippen LogP contribution in [0.5, 0.6) is 0 Å². The monoisotopic (exact) mass is 383 g/mol. The first-order valence-corrected chi connectivity index (χ1v) is 11.0. The van der Waals surface area contributed by atoms with Crippen molar-refractivity contribution in [3.8, 4) is 6.07 Å². The number of thiazole rings is 1. The molecule has 0 saturated heterocycles. The lowest BCUT2D eigenvalue weighted by atomic mass is 9.50. The van der Waals surface area contributed by atoms with E-state index in [9.17, 15) is 5.26 Å². The van der Waals surface area contributed by atoms with Crippen molar-refractivity contribution in [2.24, 2.45) is 17.8 Å². The molecule has 6 rings (SSSR count). The summed E-state index contributed by atoms with van der Waals surface area (Å²) in [5.41, 5.74) is 1.75. The minimum absolute atomic E-state index is 0.278. The lowest BCUT2D eigenvalue weighted by Gasteiger charge is -2.55. The van der Waals surface area contributed by atoms with Crippen LogP contribution in [-0.4, -0.2) is 15.2 Å². The predicted octanol–water partition coefficient (Wildman–Crippen LogP) is 4.75. The summed E-state index contributed by atoms with van der Waals surface area (Å²) in [5, 5.41) is 26.2. The number of aryl methyl sites for hydroxylation is 1. The zero-order chi connectivity index (χ0) is 17.7. The highest BCUT2D eigenvalue weighted by molar-refractivity contribution is 7.15. The second-order valence-electron chi connectivity index (χ2n) is 8.22. The summed E-state index contributed by atoms with van der Waals surface area (Å²) in [7, 11) is 0. The van der Waals surface area contributed by atoms with Crippen LogP contribution in [0.4, 0.5) is 5.13 Å². The Morgan fingerprint density at radius 3 is 2.50 bits per heavy atom. The molecule has 0 radical (unpaired) electrons. The van der Waals surface area contributed by atoms with Crippen LogP contribution < -0.4 is 5.32 Å². The van der Waals surface area contributed by atoms with Crippen LogP contribution in [0.25, 0.3) is 5.57 Å². The summed E-state index contributed by atoms with van der Waals surface area (Å²) < 4.78 is 0. The molecule has 4 bridgehead atoms. The molecule has 1 N–H and O–H groups in total. The number of anilines is 1. The van der Waals surface area contributed by atoms with Crippen molar-refractivity contribution >= 4 is 33.4 Å². The van der Waals surface area contributed by atoms with Gasteiger partial charge in [-0.15, -0.1) is 21.5 Å². The molecular formula is C19H21N5S2. The van der Waals surface area contributed by atoms with Crippen LogP contribution in [0.15, 0.2) is 11.6 Å². The van der Waals surface area contributed by atoms with Crippen LogP contribution in [0, 0.1) is 36.0 Å². The highest BCUT2D eigenvalue weighted by Crippen LogP contribution is 2.61. The third-order valence-corrected chi connectivity index (χ3v) is 8.32. The van der Waals surface area contributed by atoms with E-state index >= 15 is 0 Å².